The zero-order valence-electron chi connectivity index (χ0n) is 16.3. The minimum Gasteiger partial charge on any atom is -0.497 e. The second-order valence-electron chi connectivity index (χ2n) is 7.21. The van der Waals surface area contributed by atoms with Crippen LogP contribution < -0.4 is 10.1 Å². The standard InChI is InChI=1S/C22H25N3O3/c1-14(2)24-22(27)25-19(12-23)21(20(25)13-26)17-6-4-15(5-7-17)16-8-10-18(28-3)11-9-16/h4-11,14,19-21,26H,13H2,1-3H3,(H,24,27)/t19-,20+,21+/m1/s1. The fourth-order valence-electron chi connectivity index (χ4n) is 3.69. The molecule has 1 fully saturated rings. The van der Waals surface area contributed by atoms with Crippen molar-refractivity contribution in [1.82, 2.24) is 10.2 Å². The Balaban J connectivity index is 1.80. The van der Waals surface area contributed by atoms with Gasteiger partial charge in [0.05, 0.1) is 25.8 Å². The van der Waals surface area contributed by atoms with Crippen molar-refractivity contribution >= 4 is 6.03 Å². The van der Waals surface area contributed by atoms with Gasteiger partial charge in [-0.3, -0.25) is 0 Å². The van der Waals surface area contributed by atoms with Crippen LogP contribution in [0.5, 0.6) is 5.75 Å². The van der Waals surface area contributed by atoms with E-state index in [1.165, 1.54) is 4.90 Å². The summed E-state index contributed by atoms with van der Waals surface area (Å²) in [5.41, 5.74) is 3.06. The van der Waals surface area contributed by atoms with Crippen LogP contribution >= 0.6 is 0 Å². The van der Waals surface area contributed by atoms with Crippen molar-refractivity contribution in [3.63, 3.8) is 0 Å². The van der Waals surface area contributed by atoms with Crippen LogP contribution in [0.25, 0.3) is 11.1 Å². The molecule has 146 valence electrons. The van der Waals surface area contributed by atoms with Gasteiger partial charge in [-0.1, -0.05) is 36.4 Å². The van der Waals surface area contributed by atoms with E-state index in [9.17, 15) is 15.2 Å². The van der Waals surface area contributed by atoms with Crippen LogP contribution in [0.1, 0.15) is 25.3 Å². The summed E-state index contributed by atoms with van der Waals surface area (Å²) in [4.78, 5) is 13.8. The van der Waals surface area contributed by atoms with Gasteiger partial charge in [-0.05, 0) is 42.7 Å². The highest BCUT2D eigenvalue weighted by molar-refractivity contribution is 5.77. The molecule has 0 spiro atoms. The zero-order chi connectivity index (χ0) is 20.3. The summed E-state index contributed by atoms with van der Waals surface area (Å²) >= 11 is 0. The third kappa shape index (κ3) is 3.67. The molecule has 6 nitrogen and oxygen atoms in total. The SMILES string of the molecule is COc1ccc(-c2ccc([C@H]3[C@@H](C#N)N(C(=O)NC(C)C)[C@H]3CO)cc2)cc1. The Labute approximate surface area is 165 Å². The first-order valence-corrected chi connectivity index (χ1v) is 9.33. The van der Waals surface area contributed by atoms with Gasteiger partial charge in [0.15, 0.2) is 0 Å². The number of carbonyl (C=O) groups excluding carboxylic acids is 1. The minimum absolute atomic E-state index is 0.0333. The van der Waals surface area contributed by atoms with Crippen LogP contribution in [-0.4, -0.2) is 47.9 Å². The highest BCUT2D eigenvalue weighted by atomic mass is 16.5. The molecule has 0 aliphatic carbocycles. The molecule has 6 heteroatoms. The van der Waals surface area contributed by atoms with Crippen LogP contribution in [0.2, 0.25) is 0 Å². The van der Waals surface area contributed by atoms with E-state index in [1.54, 1.807) is 7.11 Å². The molecule has 2 amide bonds. The summed E-state index contributed by atoms with van der Waals surface area (Å²) in [6.45, 7) is 3.54. The van der Waals surface area contributed by atoms with E-state index in [2.05, 4.69) is 11.4 Å². The molecule has 3 rings (SSSR count). The lowest BCUT2D eigenvalue weighted by Crippen LogP contribution is -2.67. The molecule has 1 saturated heterocycles. The van der Waals surface area contributed by atoms with Crippen LogP contribution in [0.3, 0.4) is 0 Å². The van der Waals surface area contributed by atoms with E-state index >= 15 is 0 Å². The highest BCUT2D eigenvalue weighted by Gasteiger charge is 2.51. The topological polar surface area (TPSA) is 85.6 Å². The molecule has 1 aliphatic heterocycles. The lowest BCUT2D eigenvalue weighted by Gasteiger charge is -2.51. The Hall–Kier alpha value is -3.04. The Morgan fingerprint density at radius 3 is 2.21 bits per heavy atom. The van der Waals surface area contributed by atoms with Crippen molar-refractivity contribution in [1.29, 1.82) is 5.26 Å². The van der Waals surface area contributed by atoms with Gasteiger partial charge in [-0.2, -0.15) is 5.26 Å². The van der Waals surface area contributed by atoms with Gasteiger partial charge in [0.1, 0.15) is 11.8 Å². The van der Waals surface area contributed by atoms with Crippen molar-refractivity contribution < 1.29 is 14.6 Å². The molecule has 28 heavy (non-hydrogen) atoms. The number of nitrogens with zero attached hydrogens (tertiary/aromatic N) is 2. The van der Waals surface area contributed by atoms with E-state index in [-0.39, 0.29) is 24.6 Å². The van der Waals surface area contributed by atoms with Gasteiger partial charge in [-0.15, -0.1) is 0 Å². The third-order valence-corrected chi connectivity index (χ3v) is 5.10. The molecule has 0 bridgehead atoms. The monoisotopic (exact) mass is 379 g/mol. The lowest BCUT2D eigenvalue weighted by atomic mass is 9.75. The fraction of sp³-hybridized carbons (Fsp3) is 0.364. The van der Waals surface area contributed by atoms with Crippen LogP contribution in [-0.2, 0) is 0 Å². The first-order chi connectivity index (χ1) is 13.5. The minimum atomic E-state index is -0.595. The summed E-state index contributed by atoms with van der Waals surface area (Å²) in [6, 6.07) is 16.6. The lowest BCUT2D eigenvalue weighted by molar-refractivity contribution is 0.0162. The zero-order valence-corrected chi connectivity index (χ0v) is 16.3. The molecule has 0 aromatic heterocycles. The fourth-order valence-corrected chi connectivity index (χ4v) is 3.69. The number of hydrogen-bond acceptors (Lipinski definition) is 4. The number of carbonyl (C=O) groups is 1. The Bertz CT molecular complexity index is 856. The summed E-state index contributed by atoms with van der Waals surface area (Å²) in [5, 5.41) is 22.2. The maximum absolute atomic E-state index is 12.4. The van der Waals surface area contributed by atoms with Crippen molar-refractivity contribution in [2.75, 3.05) is 13.7 Å². The number of nitriles is 1. The predicted octanol–water partition coefficient (Wildman–Crippen LogP) is 3.13. The smallest absolute Gasteiger partial charge is 0.319 e. The first kappa shape index (κ1) is 19.7. The second-order valence-corrected chi connectivity index (χ2v) is 7.21. The molecule has 2 aromatic carbocycles. The number of likely N-dealkylation sites (tertiary alicyclic amines) is 1. The number of nitrogens with one attached hydrogen (secondary N) is 1. The molecular weight excluding hydrogens is 354 g/mol. The molecule has 2 N–H and O–H groups in total. The number of amides is 2. The largest absolute Gasteiger partial charge is 0.497 e. The number of hydrogen-bond donors (Lipinski definition) is 2. The maximum Gasteiger partial charge on any atom is 0.319 e. The number of urea groups is 1. The number of rotatable bonds is 5. The van der Waals surface area contributed by atoms with Crippen molar-refractivity contribution in [2.45, 2.75) is 37.9 Å². The molecule has 0 radical (unpaired) electrons. The summed E-state index contributed by atoms with van der Waals surface area (Å²) in [7, 11) is 1.64. The van der Waals surface area contributed by atoms with Crippen LogP contribution in [0.15, 0.2) is 48.5 Å². The molecule has 1 aliphatic rings. The average molecular weight is 379 g/mol. The van der Waals surface area contributed by atoms with Gasteiger partial charge >= 0.3 is 6.03 Å². The molecule has 3 atom stereocenters. The molecular formula is C22H25N3O3. The summed E-state index contributed by atoms with van der Waals surface area (Å²) in [6.07, 6.45) is 0. The van der Waals surface area contributed by atoms with Crippen LogP contribution in [0.4, 0.5) is 4.79 Å². The molecule has 2 aromatic rings. The van der Waals surface area contributed by atoms with Gasteiger partial charge in [0, 0.05) is 12.0 Å². The quantitative estimate of drug-likeness (QED) is 0.836. The van der Waals surface area contributed by atoms with Gasteiger partial charge in [0.25, 0.3) is 0 Å². The second kappa shape index (κ2) is 8.32. The van der Waals surface area contributed by atoms with E-state index in [0.29, 0.717) is 0 Å². The number of ether oxygens (including phenoxy) is 1. The van der Waals surface area contributed by atoms with Gasteiger partial charge in [0.2, 0.25) is 0 Å². The van der Waals surface area contributed by atoms with Crippen molar-refractivity contribution in [2.24, 2.45) is 0 Å². The normalized spacial score (nSPS) is 21.0. The first-order valence-electron chi connectivity index (χ1n) is 9.33. The number of aliphatic hydroxyl groups excluding tert-OH is 1. The van der Waals surface area contributed by atoms with E-state index in [1.807, 2.05) is 62.4 Å². The Kier molecular flexibility index (Phi) is 5.86. The Morgan fingerprint density at radius 2 is 1.75 bits per heavy atom. The number of aliphatic hydroxyl groups is 1. The van der Waals surface area contributed by atoms with E-state index < -0.39 is 12.1 Å². The summed E-state index contributed by atoms with van der Waals surface area (Å²) < 4.78 is 5.19. The summed E-state index contributed by atoms with van der Waals surface area (Å²) in [5.74, 6) is 0.593. The molecule has 1 heterocycles. The predicted molar refractivity (Wildman–Crippen MR) is 107 cm³/mol. The number of methoxy groups -OCH3 is 1. The highest BCUT2D eigenvalue weighted by Crippen LogP contribution is 2.41. The Morgan fingerprint density at radius 1 is 1.18 bits per heavy atom. The average Bonchev–Trinajstić information content (AvgIpc) is 2.68. The molecule has 0 unspecified atom stereocenters. The van der Waals surface area contributed by atoms with Gasteiger partial charge < -0.3 is 20.1 Å². The molecule has 0 saturated carbocycles. The van der Waals surface area contributed by atoms with E-state index in [4.69, 9.17) is 4.74 Å². The third-order valence-electron chi connectivity index (χ3n) is 5.10. The van der Waals surface area contributed by atoms with Crippen molar-refractivity contribution in [3.05, 3.63) is 54.1 Å². The van der Waals surface area contributed by atoms with E-state index in [0.717, 1.165) is 22.4 Å². The maximum atomic E-state index is 12.4. The van der Waals surface area contributed by atoms with Crippen molar-refractivity contribution in [3.8, 4) is 22.9 Å². The van der Waals surface area contributed by atoms with Gasteiger partial charge in [-0.25, -0.2) is 4.79 Å². The van der Waals surface area contributed by atoms with Crippen LogP contribution in [0, 0.1) is 11.3 Å². The number of benzene rings is 2.